The number of hydrogen-bond acceptors (Lipinski definition) is 4. The molecular formula is C16H27N3O2. The fourth-order valence-corrected chi connectivity index (χ4v) is 2.17. The van der Waals surface area contributed by atoms with Crippen LogP contribution in [0.3, 0.4) is 0 Å². The average Bonchev–Trinajstić information content (AvgIpc) is 2.45. The summed E-state index contributed by atoms with van der Waals surface area (Å²) in [5.74, 6) is -0.0725. The molecule has 0 fully saturated rings. The second-order valence-corrected chi connectivity index (χ2v) is 5.47. The second-order valence-electron chi connectivity index (χ2n) is 5.47. The standard InChI is InChI=1S/C16H27N3O2/c1-5-19(16(20)15(17)12-21-4)11-14-8-6-13(7-9-14)10-18(2)3/h6-9,15H,5,10-12,17H2,1-4H3. The first-order chi connectivity index (χ1) is 9.97. The smallest absolute Gasteiger partial charge is 0.242 e. The van der Waals surface area contributed by atoms with E-state index >= 15 is 0 Å². The third-order valence-electron chi connectivity index (χ3n) is 3.25. The molecule has 0 radical (unpaired) electrons. The van der Waals surface area contributed by atoms with Crippen molar-refractivity contribution in [3.05, 3.63) is 35.4 Å². The first-order valence-corrected chi connectivity index (χ1v) is 7.23. The number of ether oxygens (including phenoxy) is 1. The van der Waals surface area contributed by atoms with Gasteiger partial charge in [-0.15, -0.1) is 0 Å². The van der Waals surface area contributed by atoms with Gasteiger partial charge in [0.1, 0.15) is 6.04 Å². The minimum atomic E-state index is -0.594. The number of nitrogens with two attached hydrogens (primary N) is 1. The molecule has 0 aliphatic rings. The lowest BCUT2D eigenvalue weighted by molar-refractivity contribution is -0.134. The van der Waals surface area contributed by atoms with E-state index in [4.69, 9.17) is 10.5 Å². The Bertz CT molecular complexity index is 432. The van der Waals surface area contributed by atoms with Gasteiger partial charge in [0, 0.05) is 26.7 Å². The molecule has 0 bridgehead atoms. The Balaban J connectivity index is 2.66. The third-order valence-corrected chi connectivity index (χ3v) is 3.25. The van der Waals surface area contributed by atoms with E-state index in [0.717, 1.165) is 12.1 Å². The van der Waals surface area contributed by atoms with Crippen molar-refractivity contribution < 1.29 is 9.53 Å². The molecule has 118 valence electrons. The zero-order chi connectivity index (χ0) is 15.8. The molecule has 1 rings (SSSR count). The molecule has 1 aromatic rings. The second kappa shape index (κ2) is 8.77. The molecular weight excluding hydrogens is 266 g/mol. The van der Waals surface area contributed by atoms with Crippen molar-refractivity contribution in [3.8, 4) is 0 Å². The monoisotopic (exact) mass is 293 g/mol. The van der Waals surface area contributed by atoms with Crippen molar-refractivity contribution in [3.63, 3.8) is 0 Å². The van der Waals surface area contributed by atoms with Crippen LogP contribution in [0.1, 0.15) is 18.1 Å². The van der Waals surface area contributed by atoms with Crippen LogP contribution in [0.5, 0.6) is 0 Å². The Kier molecular flexibility index (Phi) is 7.36. The van der Waals surface area contributed by atoms with Crippen LogP contribution in [0.15, 0.2) is 24.3 Å². The number of carbonyl (C=O) groups is 1. The van der Waals surface area contributed by atoms with E-state index in [1.165, 1.54) is 5.56 Å². The molecule has 1 amide bonds. The van der Waals surface area contributed by atoms with E-state index in [-0.39, 0.29) is 12.5 Å². The highest BCUT2D eigenvalue weighted by atomic mass is 16.5. The lowest BCUT2D eigenvalue weighted by Gasteiger charge is -2.24. The van der Waals surface area contributed by atoms with E-state index in [9.17, 15) is 4.79 Å². The van der Waals surface area contributed by atoms with Crippen molar-refractivity contribution in [2.45, 2.75) is 26.1 Å². The van der Waals surface area contributed by atoms with Gasteiger partial charge >= 0.3 is 0 Å². The van der Waals surface area contributed by atoms with Gasteiger partial charge in [0.25, 0.3) is 0 Å². The van der Waals surface area contributed by atoms with Gasteiger partial charge in [-0.05, 0) is 32.1 Å². The first kappa shape index (κ1) is 17.6. The van der Waals surface area contributed by atoms with Gasteiger partial charge in [-0.25, -0.2) is 0 Å². The molecule has 0 aliphatic carbocycles. The van der Waals surface area contributed by atoms with Gasteiger partial charge in [-0.3, -0.25) is 4.79 Å². The zero-order valence-electron chi connectivity index (χ0n) is 13.5. The molecule has 1 atom stereocenters. The first-order valence-electron chi connectivity index (χ1n) is 7.23. The van der Waals surface area contributed by atoms with Gasteiger partial charge in [-0.2, -0.15) is 0 Å². The Hall–Kier alpha value is -1.43. The molecule has 2 N–H and O–H groups in total. The molecule has 21 heavy (non-hydrogen) atoms. The summed E-state index contributed by atoms with van der Waals surface area (Å²) in [4.78, 5) is 16.1. The highest BCUT2D eigenvalue weighted by molar-refractivity contribution is 5.81. The number of nitrogens with zero attached hydrogens (tertiary/aromatic N) is 2. The van der Waals surface area contributed by atoms with Gasteiger partial charge < -0.3 is 20.3 Å². The maximum absolute atomic E-state index is 12.2. The fraction of sp³-hybridized carbons (Fsp3) is 0.562. The number of carbonyl (C=O) groups excluding carboxylic acids is 1. The van der Waals surface area contributed by atoms with Crippen LogP contribution < -0.4 is 5.73 Å². The minimum Gasteiger partial charge on any atom is -0.383 e. The minimum absolute atomic E-state index is 0.0725. The number of likely N-dealkylation sites (N-methyl/N-ethyl adjacent to an activating group) is 1. The van der Waals surface area contributed by atoms with E-state index in [2.05, 4.69) is 29.2 Å². The van der Waals surface area contributed by atoms with Crippen LogP contribution in [-0.2, 0) is 22.6 Å². The number of benzene rings is 1. The molecule has 1 aromatic carbocycles. The highest BCUT2D eigenvalue weighted by Crippen LogP contribution is 2.09. The highest BCUT2D eigenvalue weighted by Gasteiger charge is 2.19. The predicted molar refractivity (Wildman–Crippen MR) is 84.8 cm³/mol. The SMILES string of the molecule is CCN(Cc1ccc(CN(C)C)cc1)C(=O)C(N)COC. The van der Waals surface area contributed by atoms with Crippen LogP contribution in [-0.4, -0.2) is 56.1 Å². The molecule has 0 aliphatic heterocycles. The Morgan fingerprint density at radius 2 is 1.71 bits per heavy atom. The van der Waals surface area contributed by atoms with Crippen molar-refractivity contribution >= 4 is 5.91 Å². The number of amides is 1. The average molecular weight is 293 g/mol. The van der Waals surface area contributed by atoms with E-state index in [1.807, 2.05) is 21.0 Å². The predicted octanol–water partition coefficient (Wildman–Crippen LogP) is 1.07. The van der Waals surface area contributed by atoms with E-state index in [1.54, 1.807) is 12.0 Å². The number of methoxy groups -OCH3 is 1. The lowest BCUT2D eigenvalue weighted by Crippen LogP contribution is -2.45. The van der Waals surface area contributed by atoms with Crippen LogP contribution in [0.2, 0.25) is 0 Å². The maximum atomic E-state index is 12.2. The van der Waals surface area contributed by atoms with Crippen molar-refractivity contribution in [1.29, 1.82) is 0 Å². The number of rotatable bonds is 8. The van der Waals surface area contributed by atoms with E-state index < -0.39 is 6.04 Å². The fourth-order valence-electron chi connectivity index (χ4n) is 2.17. The Morgan fingerprint density at radius 3 is 2.14 bits per heavy atom. The van der Waals surface area contributed by atoms with Gasteiger partial charge in [0.2, 0.25) is 5.91 Å². The molecule has 5 heteroatoms. The largest absolute Gasteiger partial charge is 0.383 e. The van der Waals surface area contributed by atoms with Gasteiger partial charge in [0.15, 0.2) is 0 Å². The van der Waals surface area contributed by atoms with Crippen LogP contribution in [0.4, 0.5) is 0 Å². The summed E-state index contributed by atoms with van der Waals surface area (Å²) in [6, 6.07) is 7.74. The molecule has 0 spiro atoms. The van der Waals surface area contributed by atoms with Gasteiger partial charge in [0.05, 0.1) is 6.61 Å². The molecule has 0 saturated carbocycles. The lowest BCUT2D eigenvalue weighted by atomic mass is 10.1. The molecule has 5 nitrogen and oxygen atoms in total. The Labute approximate surface area is 127 Å². The summed E-state index contributed by atoms with van der Waals surface area (Å²) in [5.41, 5.74) is 8.18. The van der Waals surface area contributed by atoms with Gasteiger partial charge in [-0.1, -0.05) is 24.3 Å². The summed E-state index contributed by atoms with van der Waals surface area (Å²) >= 11 is 0. The van der Waals surface area contributed by atoms with Crippen molar-refractivity contribution in [2.24, 2.45) is 5.73 Å². The van der Waals surface area contributed by atoms with Crippen LogP contribution >= 0.6 is 0 Å². The van der Waals surface area contributed by atoms with Crippen LogP contribution in [0.25, 0.3) is 0 Å². The number of hydrogen-bond donors (Lipinski definition) is 1. The van der Waals surface area contributed by atoms with E-state index in [0.29, 0.717) is 13.1 Å². The maximum Gasteiger partial charge on any atom is 0.242 e. The Morgan fingerprint density at radius 1 is 1.19 bits per heavy atom. The van der Waals surface area contributed by atoms with Crippen molar-refractivity contribution in [2.75, 3.05) is 34.4 Å². The summed E-state index contributed by atoms with van der Waals surface area (Å²) in [6.07, 6.45) is 0. The molecule has 0 saturated heterocycles. The van der Waals surface area contributed by atoms with Crippen LogP contribution in [0, 0.1) is 0 Å². The van der Waals surface area contributed by atoms with Crippen molar-refractivity contribution in [1.82, 2.24) is 9.80 Å². The topological polar surface area (TPSA) is 58.8 Å². The molecule has 0 heterocycles. The zero-order valence-corrected chi connectivity index (χ0v) is 13.5. The summed E-state index contributed by atoms with van der Waals surface area (Å²) in [5, 5.41) is 0. The third kappa shape index (κ3) is 5.83. The molecule has 0 aromatic heterocycles. The summed E-state index contributed by atoms with van der Waals surface area (Å²) < 4.78 is 4.95. The quantitative estimate of drug-likeness (QED) is 0.779. The molecule has 1 unspecified atom stereocenters. The normalized spacial score (nSPS) is 12.5. The summed E-state index contributed by atoms with van der Waals surface area (Å²) in [7, 11) is 5.64. The summed E-state index contributed by atoms with van der Waals surface area (Å²) in [6.45, 7) is 4.33.